The molecule has 0 N–H and O–H groups in total. The Morgan fingerprint density at radius 2 is 1.14 bits per heavy atom. The van der Waals surface area contributed by atoms with Crippen molar-refractivity contribution in [2.75, 3.05) is 19.6 Å². The maximum absolute atomic E-state index is 3.49. The molecule has 5 aliphatic rings. The highest BCUT2D eigenvalue weighted by Gasteiger charge is 2.45. The minimum atomic E-state index is -0.208. The van der Waals surface area contributed by atoms with Crippen LogP contribution in [-0.2, 0) is 16.2 Å². The molecule has 0 amide bonds. The van der Waals surface area contributed by atoms with Crippen molar-refractivity contribution in [3.8, 4) is 33.4 Å². The predicted octanol–water partition coefficient (Wildman–Crippen LogP) is 22.3. The van der Waals surface area contributed by atoms with Gasteiger partial charge in [-0.05, 0) is 153 Å². The maximum atomic E-state index is 3.49. The fourth-order valence-electron chi connectivity index (χ4n) is 14.4. The van der Waals surface area contributed by atoms with Gasteiger partial charge in [-0.3, -0.25) is 4.90 Å². The van der Waals surface area contributed by atoms with Crippen LogP contribution < -0.4 is 19.6 Å². The van der Waals surface area contributed by atoms with Crippen molar-refractivity contribution < 1.29 is 0 Å². The van der Waals surface area contributed by atoms with E-state index in [2.05, 4.69) is 299 Å². The number of hydrogen-bond donors (Lipinski definition) is 0. The number of rotatable bonds is 7. The first-order valence-corrected chi connectivity index (χ1v) is 30.1. The Hall–Kier alpha value is -9.34. The lowest BCUT2D eigenvalue weighted by Gasteiger charge is -2.46. The summed E-state index contributed by atoms with van der Waals surface area (Å²) in [6.07, 6.45) is 9.07. The standard InChI is InChI=1S/C78H62N4S/c1-76(2,3)51-40-42-52(43-41-51)80-68-38-23-39-69-74(68)82(75-73(80)59-47-58-56-30-14-18-32-60(56)78(6,7)63(58)48-71(59)83-75)66-45-44-53(46-70(66)81(69)67-37-22-34-62-72(67)57-31-15-19-33-61(57)77(62,4)5)79(64-35-20-16-28-54(64)49-24-10-8-11-25-49)65-36-21-17-29-55(65)50-26-12-9-13-27-50/h8,10,12,14-24,26-48H,9,13H2,1-7H3. The van der Waals surface area contributed by atoms with E-state index < -0.39 is 0 Å². The van der Waals surface area contributed by atoms with E-state index in [1.165, 1.54) is 82.0 Å². The van der Waals surface area contributed by atoms with Gasteiger partial charge >= 0.3 is 0 Å². The fourth-order valence-corrected chi connectivity index (χ4v) is 15.7. The molecular formula is C78H62N4S. The quantitative estimate of drug-likeness (QED) is 0.158. The first kappa shape index (κ1) is 49.5. The molecule has 0 spiro atoms. The van der Waals surface area contributed by atoms with Crippen LogP contribution in [0.3, 0.4) is 0 Å². The SMILES string of the molecule is CC(C)(C)c1ccc(N2c3cccc4c3N(c3ccc(N(c5ccccc5C5=CCCC=C5)c5ccccc5-c5c#cccc5)cc3N4c3cccc4c3-c3ccccc3C4(C)C)c3sc4cc5c(cc4c32)-c2ccccc2C5(C)C)cc1. The average molecular weight is 1090 g/mol. The largest absolute Gasteiger partial charge is 0.309 e. The number of fused-ring (bicyclic) bond motifs is 12. The summed E-state index contributed by atoms with van der Waals surface area (Å²) >= 11 is 1.92. The van der Waals surface area contributed by atoms with E-state index in [4.69, 9.17) is 0 Å². The molecule has 16 rings (SSSR count). The first-order valence-electron chi connectivity index (χ1n) is 29.3. The zero-order valence-electron chi connectivity index (χ0n) is 48.0. The second-order valence-corrected chi connectivity index (χ2v) is 26.1. The monoisotopic (exact) mass is 1090 g/mol. The van der Waals surface area contributed by atoms with Gasteiger partial charge in [0.2, 0.25) is 0 Å². The highest BCUT2D eigenvalue weighted by atomic mass is 32.1. The van der Waals surface area contributed by atoms with E-state index in [1.54, 1.807) is 0 Å². The minimum absolute atomic E-state index is 0.00114. The van der Waals surface area contributed by atoms with E-state index in [-0.39, 0.29) is 16.2 Å². The topological polar surface area (TPSA) is 13.0 Å². The molecule has 3 heterocycles. The van der Waals surface area contributed by atoms with Gasteiger partial charge in [0.25, 0.3) is 0 Å². The maximum Gasteiger partial charge on any atom is 0.126 e. The van der Waals surface area contributed by atoms with E-state index in [1.807, 2.05) is 17.4 Å². The zero-order valence-corrected chi connectivity index (χ0v) is 48.8. The van der Waals surface area contributed by atoms with E-state index in [0.717, 1.165) is 80.8 Å². The number of nitrogens with zero attached hydrogens (tertiary/aromatic N) is 4. The molecule has 0 fully saturated rings. The predicted molar refractivity (Wildman–Crippen MR) is 351 cm³/mol. The Balaban J connectivity index is 1.00. The molecule has 5 heteroatoms. The van der Waals surface area contributed by atoms with Crippen molar-refractivity contribution in [3.05, 3.63) is 270 Å². The zero-order chi connectivity index (χ0) is 56.1. The van der Waals surface area contributed by atoms with Gasteiger partial charge < -0.3 is 14.7 Å². The Kier molecular flexibility index (Phi) is 10.8. The molecule has 11 aromatic rings. The van der Waals surface area contributed by atoms with Crippen LogP contribution in [0.25, 0.3) is 49.0 Å². The number of anilines is 12. The lowest BCUT2D eigenvalue weighted by Crippen LogP contribution is -2.30. The van der Waals surface area contributed by atoms with Gasteiger partial charge in [0.05, 0.1) is 51.2 Å². The van der Waals surface area contributed by atoms with Gasteiger partial charge in [-0.25, -0.2) is 0 Å². The molecule has 1 aromatic heterocycles. The summed E-state index contributed by atoms with van der Waals surface area (Å²) in [6.45, 7) is 16.5. The Morgan fingerprint density at radius 3 is 1.88 bits per heavy atom. The highest BCUT2D eigenvalue weighted by Crippen LogP contribution is 2.69. The van der Waals surface area contributed by atoms with Crippen molar-refractivity contribution in [2.24, 2.45) is 0 Å². The summed E-state index contributed by atoms with van der Waals surface area (Å²) in [7, 11) is 0. The Bertz CT molecular complexity index is 4570. The van der Waals surface area contributed by atoms with Crippen molar-refractivity contribution in [1.29, 1.82) is 0 Å². The van der Waals surface area contributed by atoms with Crippen LogP contribution in [0.15, 0.2) is 224 Å². The molecular weight excluding hydrogens is 1020 g/mol. The molecule has 0 unspecified atom stereocenters. The summed E-state index contributed by atoms with van der Waals surface area (Å²) < 4.78 is 1.28. The average Bonchev–Trinajstić information content (AvgIpc) is 3.84. The van der Waals surface area contributed by atoms with Gasteiger partial charge in [0, 0.05) is 54.5 Å². The number of hydrogen-bond acceptors (Lipinski definition) is 5. The second-order valence-electron chi connectivity index (χ2n) is 25.0. The van der Waals surface area contributed by atoms with E-state index >= 15 is 0 Å². The summed E-state index contributed by atoms with van der Waals surface area (Å²) in [5, 5.41) is 2.46. The van der Waals surface area contributed by atoms with Gasteiger partial charge in [0.15, 0.2) is 0 Å². The number of para-hydroxylation sites is 3. The van der Waals surface area contributed by atoms with Crippen molar-refractivity contribution in [3.63, 3.8) is 0 Å². The molecule has 83 heavy (non-hydrogen) atoms. The highest BCUT2D eigenvalue weighted by molar-refractivity contribution is 7.24. The lowest BCUT2D eigenvalue weighted by molar-refractivity contribution is 0.590. The summed E-state index contributed by atoms with van der Waals surface area (Å²) in [6, 6.07) is 84.6. The summed E-state index contributed by atoms with van der Waals surface area (Å²) in [4.78, 5) is 10.3. The van der Waals surface area contributed by atoms with Crippen molar-refractivity contribution in [2.45, 2.75) is 77.6 Å². The first-order chi connectivity index (χ1) is 40.4. The van der Waals surface area contributed by atoms with Crippen molar-refractivity contribution in [1.82, 2.24) is 0 Å². The number of allylic oxidation sites excluding steroid dienone is 4. The number of thiophene rings is 1. The molecule has 3 aliphatic carbocycles. The van der Waals surface area contributed by atoms with Crippen LogP contribution in [0.4, 0.5) is 67.6 Å². The Morgan fingerprint density at radius 1 is 0.494 bits per heavy atom. The summed E-state index contributed by atoms with van der Waals surface area (Å²) in [5.74, 6) is 0. The third kappa shape index (κ3) is 7.25. The molecule has 0 atom stereocenters. The van der Waals surface area contributed by atoms with Crippen molar-refractivity contribution >= 4 is 94.6 Å². The second kappa shape index (κ2) is 18.1. The van der Waals surface area contributed by atoms with Crippen LogP contribution in [0.5, 0.6) is 0 Å². The lowest BCUT2D eigenvalue weighted by atomic mass is 9.82. The van der Waals surface area contributed by atoms with Crippen LogP contribution in [0.1, 0.15) is 94.7 Å². The Labute approximate surface area is 492 Å². The summed E-state index contributed by atoms with van der Waals surface area (Å²) in [5.41, 5.74) is 28.5. The smallest absolute Gasteiger partial charge is 0.126 e. The molecule has 0 saturated heterocycles. The minimum Gasteiger partial charge on any atom is -0.309 e. The van der Waals surface area contributed by atoms with Gasteiger partial charge in [-0.1, -0.05) is 200 Å². The molecule has 0 saturated carbocycles. The molecule has 0 radical (unpaired) electrons. The van der Waals surface area contributed by atoms with E-state index in [9.17, 15) is 0 Å². The van der Waals surface area contributed by atoms with Gasteiger partial charge in [0.1, 0.15) is 5.00 Å². The molecule has 4 nitrogen and oxygen atoms in total. The van der Waals surface area contributed by atoms with Crippen LogP contribution >= 0.6 is 11.3 Å². The van der Waals surface area contributed by atoms with Crippen LogP contribution in [0.2, 0.25) is 0 Å². The molecule has 10 aromatic carbocycles. The van der Waals surface area contributed by atoms with Gasteiger partial charge in [-0.2, -0.15) is 0 Å². The third-order valence-corrected chi connectivity index (χ3v) is 19.7. The normalized spacial score (nSPS) is 15.4. The molecule has 2 aliphatic heterocycles. The van der Waals surface area contributed by atoms with Crippen LogP contribution in [0, 0.1) is 12.1 Å². The number of benzene rings is 9. The third-order valence-electron chi connectivity index (χ3n) is 18.5. The molecule has 0 bridgehead atoms. The van der Waals surface area contributed by atoms with Crippen LogP contribution in [-0.4, -0.2) is 0 Å². The van der Waals surface area contributed by atoms with E-state index in [0.29, 0.717) is 0 Å². The fraction of sp³-hybridized carbons (Fsp3) is 0.154. The molecule has 400 valence electrons. The van der Waals surface area contributed by atoms with Gasteiger partial charge in [-0.15, -0.1) is 11.3 Å².